The molecule has 1 amide bonds. The van der Waals surface area contributed by atoms with Crippen LogP contribution in [-0.4, -0.2) is 58.4 Å². The van der Waals surface area contributed by atoms with Crippen molar-refractivity contribution >= 4 is 47.0 Å². The second-order valence-corrected chi connectivity index (χ2v) is 7.51. The van der Waals surface area contributed by atoms with E-state index >= 15 is 0 Å². The average molecular weight is 336 g/mol. The highest BCUT2D eigenvalue weighted by molar-refractivity contribution is 8.14. The molecule has 0 aromatic carbocycles. The number of carbonyl (C=O) groups excluding carboxylic acids is 1. The number of amides is 1. The highest BCUT2D eigenvalue weighted by Gasteiger charge is 2.31. The third-order valence-electron chi connectivity index (χ3n) is 4.02. The Hall–Kier alpha value is -0.0700. The van der Waals surface area contributed by atoms with Gasteiger partial charge in [-0.3, -0.25) is 9.79 Å². The predicted molar refractivity (Wildman–Crippen MR) is 90.2 cm³/mol. The van der Waals surface area contributed by atoms with Crippen molar-refractivity contribution in [3.8, 4) is 0 Å². The summed E-state index contributed by atoms with van der Waals surface area (Å²) in [5.41, 5.74) is 0. The summed E-state index contributed by atoms with van der Waals surface area (Å²) in [6.07, 6.45) is 5.05. The molecule has 20 heavy (non-hydrogen) atoms. The predicted octanol–water partition coefficient (Wildman–Crippen LogP) is 1.99. The van der Waals surface area contributed by atoms with Crippen molar-refractivity contribution in [3.63, 3.8) is 0 Å². The van der Waals surface area contributed by atoms with E-state index in [1.54, 1.807) is 11.8 Å². The molecule has 0 aromatic heterocycles. The van der Waals surface area contributed by atoms with Crippen molar-refractivity contribution in [2.45, 2.75) is 37.8 Å². The standard InChI is InChI=1S/C13H21N3OS2.ClH/c17-12(16-5-7-18-8-6-16)9-19-13-14-10-3-1-2-4-11(10)15-13;/h10-11H,1-9H2,(H,14,15);1H. The van der Waals surface area contributed by atoms with Gasteiger partial charge in [0.15, 0.2) is 5.17 Å². The van der Waals surface area contributed by atoms with E-state index in [1.165, 1.54) is 25.7 Å². The van der Waals surface area contributed by atoms with Gasteiger partial charge in [-0.25, -0.2) is 0 Å². The van der Waals surface area contributed by atoms with E-state index in [9.17, 15) is 4.79 Å². The lowest BCUT2D eigenvalue weighted by Crippen LogP contribution is -2.40. The molecule has 2 heterocycles. The molecule has 0 bridgehead atoms. The number of carbonyl (C=O) groups is 1. The molecule has 0 radical (unpaired) electrons. The molecule has 114 valence electrons. The molecule has 4 nitrogen and oxygen atoms in total. The molecular weight excluding hydrogens is 314 g/mol. The zero-order valence-electron chi connectivity index (χ0n) is 11.5. The molecule has 1 N–H and O–H groups in total. The van der Waals surface area contributed by atoms with E-state index in [4.69, 9.17) is 4.99 Å². The van der Waals surface area contributed by atoms with Crippen molar-refractivity contribution < 1.29 is 4.79 Å². The molecule has 2 unspecified atom stereocenters. The number of rotatable bonds is 2. The highest BCUT2D eigenvalue weighted by atomic mass is 35.5. The summed E-state index contributed by atoms with van der Waals surface area (Å²) in [5.74, 6) is 2.97. The minimum Gasteiger partial charge on any atom is -0.360 e. The van der Waals surface area contributed by atoms with Crippen LogP contribution in [0.25, 0.3) is 0 Å². The molecule has 2 fully saturated rings. The third kappa shape index (κ3) is 3.98. The summed E-state index contributed by atoms with van der Waals surface area (Å²) < 4.78 is 0. The van der Waals surface area contributed by atoms with Gasteiger partial charge in [0, 0.05) is 24.6 Å². The number of amidine groups is 1. The van der Waals surface area contributed by atoms with Gasteiger partial charge in [-0.05, 0) is 12.8 Å². The molecule has 1 saturated carbocycles. The van der Waals surface area contributed by atoms with Gasteiger partial charge < -0.3 is 10.2 Å². The number of halogens is 1. The summed E-state index contributed by atoms with van der Waals surface area (Å²) >= 11 is 3.53. The van der Waals surface area contributed by atoms with E-state index in [0.29, 0.717) is 17.8 Å². The highest BCUT2D eigenvalue weighted by Crippen LogP contribution is 2.27. The van der Waals surface area contributed by atoms with Gasteiger partial charge in [-0.2, -0.15) is 11.8 Å². The third-order valence-corrected chi connectivity index (χ3v) is 5.85. The van der Waals surface area contributed by atoms with Crippen LogP contribution >= 0.6 is 35.9 Å². The number of hydrogen-bond donors (Lipinski definition) is 1. The number of nitrogens with zero attached hydrogens (tertiary/aromatic N) is 2. The quantitative estimate of drug-likeness (QED) is 0.838. The normalized spacial score (nSPS) is 29.0. The van der Waals surface area contributed by atoms with Crippen molar-refractivity contribution in [1.29, 1.82) is 0 Å². The number of thioether (sulfide) groups is 2. The van der Waals surface area contributed by atoms with Crippen LogP contribution in [0.1, 0.15) is 25.7 Å². The Morgan fingerprint density at radius 3 is 2.85 bits per heavy atom. The van der Waals surface area contributed by atoms with Gasteiger partial charge in [0.25, 0.3) is 0 Å². The topological polar surface area (TPSA) is 44.7 Å². The van der Waals surface area contributed by atoms with Gasteiger partial charge >= 0.3 is 0 Å². The second-order valence-electron chi connectivity index (χ2n) is 5.32. The van der Waals surface area contributed by atoms with Crippen LogP contribution in [0, 0.1) is 0 Å². The molecular formula is C13H22ClN3OS2. The van der Waals surface area contributed by atoms with Crippen LogP contribution in [-0.2, 0) is 4.79 Å². The molecule has 1 aliphatic carbocycles. The van der Waals surface area contributed by atoms with Crippen LogP contribution in [0.5, 0.6) is 0 Å². The number of hydrogen-bond acceptors (Lipinski definition) is 5. The van der Waals surface area contributed by atoms with Gasteiger partial charge in [-0.1, -0.05) is 24.6 Å². The lowest BCUT2D eigenvalue weighted by atomic mass is 9.92. The van der Waals surface area contributed by atoms with E-state index < -0.39 is 0 Å². The molecule has 1 saturated heterocycles. The van der Waals surface area contributed by atoms with Crippen LogP contribution < -0.4 is 5.32 Å². The summed E-state index contributed by atoms with van der Waals surface area (Å²) in [4.78, 5) is 18.8. The van der Waals surface area contributed by atoms with E-state index in [-0.39, 0.29) is 18.3 Å². The first-order chi connectivity index (χ1) is 9.33. The zero-order valence-corrected chi connectivity index (χ0v) is 14.0. The van der Waals surface area contributed by atoms with Gasteiger partial charge in [0.2, 0.25) is 5.91 Å². The Labute approximate surface area is 135 Å². The van der Waals surface area contributed by atoms with Crippen molar-refractivity contribution in [2.75, 3.05) is 30.3 Å². The van der Waals surface area contributed by atoms with Gasteiger partial charge in [0.1, 0.15) is 0 Å². The van der Waals surface area contributed by atoms with Crippen molar-refractivity contribution in [3.05, 3.63) is 0 Å². The van der Waals surface area contributed by atoms with Crippen molar-refractivity contribution in [2.24, 2.45) is 4.99 Å². The Morgan fingerprint density at radius 2 is 2.10 bits per heavy atom. The first kappa shape index (κ1) is 16.3. The van der Waals surface area contributed by atoms with E-state index in [0.717, 1.165) is 29.8 Å². The first-order valence-corrected chi connectivity index (χ1v) is 9.29. The molecule has 0 aromatic rings. The lowest BCUT2D eigenvalue weighted by Gasteiger charge is -2.26. The fourth-order valence-electron chi connectivity index (χ4n) is 2.89. The van der Waals surface area contributed by atoms with Crippen LogP contribution in [0.15, 0.2) is 4.99 Å². The molecule has 2 atom stereocenters. The number of aliphatic imine (C=N–C) groups is 1. The SMILES string of the molecule is Cl.O=C(CSC1=NC2CCCCC2N1)N1CCSCC1. The Balaban J connectivity index is 0.00000147. The Kier molecular flexibility index (Phi) is 6.36. The minimum atomic E-state index is 0. The number of fused-ring (bicyclic) bond motifs is 1. The van der Waals surface area contributed by atoms with E-state index in [2.05, 4.69) is 5.32 Å². The van der Waals surface area contributed by atoms with Gasteiger partial charge in [-0.15, -0.1) is 12.4 Å². The lowest BCUT2D eigenvalue weighted by molar-refractivity contribution is -0.127. The Bertz CT molecular complexity index is 375. The summed E-state index contributed by atoms with van der Waals surface area (Å²) in [6, 6.07) is 1.01. The van der Waals surface area contributed by atoms with Gasteiger partial charge in [0.05, 0.1) is 17.8 Å². The van der Waals surface area contributed by atoms with Crippen LogP contribution in [0.4, 0.5) is 0 Å². The average Bonchev–Trinajstić information content (AvgIpc) is 2.88. The van der Waals surface area contributed by atoms with Crippen LogP contribution in [0.3, 0.4) is 0 Å². The molecule has 7 heteroatoms. The fraction of sp³-hybridized carbons (Fsp3) is 0.846. The molecule has 3 aliphatic rings. The van der Waals surface area contributed by atoms with E-state index in [1.807, 2.05) is 16.7 Å². The monoisotopic (exact) mass is 335 g/mol. The zero-order chi connectivity index (χ0) is 13.1. The first-order valence-electron chi connectivity index (χ1n) is 7.15. The fourth-order valence-corrected chi connectivity index (χ4v) is 4.68. The molecule has 3 rings (SSSR count). The minimum absolute atomic E-state index is 0. The number of nitrogens with one attached hydrogen (secondary N) is 1. The second kappa shape index (κ2) is 7.80. The largest absolute Gasteiger partial charge is 0.360 e. The van der Waals surface area contributed by atoms with Crippen LogP contribution in [0.2, 0.25) is 0 Å². The summed E-state index contributed by atoms with van der Waals surface area (Å²) in [5, 5.41) is 4.49. The smallest absolute Gasteiger partial charge is 0.233 e. The maximum absolute atomic E-state index is 12.1. The maximum Gasteiger partial charge on any atom is 0.233 e. The summed E-state index contributed by atoms with van der Waals surface area (Å²) in [6.45, 7) is 1.82. The Morgan fingerprint density at radius 1 is 1.35 bits per heavy atom. The summed E-state index contributed by atoms with van der Waals surface area (Å²) in [7, 11) is 0. The molecule has 0 spiro atoms. The maximum atomic E-state index is 12.1. The van der Waals surface area contributed by atoms with Crippen molar-refractivity contribution in [1.82, 2.24) is 10.2 Å². The molecule has 2 aliphatic heterocycles.